The van der Waals surface area contributed by atoms with Crippen molar-refractivity contribution < 1.29 is 4.39 Å². The third kappa shape index (κ3) is 1.97. The predicted octanol–water partition coefficient (Wildman–Crippen LogP) is 4.25. The molecule has 0 aliphatic carbocycles. The van der Waals surface area contributed by atoms with E-state index >= 15 is 0 Å². The molecule has 0 fully saturated rings. The van der Waals surface area contributed by atoms with Gasteiger partial charge in [0.2, 0.25) is 0 Å². The summed E-state index contributed by atoms with van der Waals surface area (Å²) in [6.45, 7) is 0. The van der Waals surface area contributed by atoms with E-state index in [0.29, 0.717) is 16.2 Å². The molecule has 0 unspecified atom stereocenters. The minimum atomic E-state index is -0.487. The summed E-state index contributed by atoms with van der Waals surface area (Å²) in [5.74, 6) is -0.813. The van der Waals surface area contributed by atoms with Gasteiger partial charge in [-0.2, -0.15) is 5.26 Å². The van der Waals surface area contributed by atoms with Crippen molar-refractivity contribution in [3.8, 4) is 6.07 Å². The molecule has 1 aliphatic rings. The number of aromatic nitrogens is 1. The molecule has 0 spiro atoms. The second-order valence-corrected chi connectivity index (χ2v) is 6.77. The van der Waals surface area contributed by atoms with E-state index in [2.05, 4.69) is 10.6 Å². The van der Waals surface area contributed by atoms with E-state index in [9.17, 15) is 9.65 Å². The maximum Gasteiger partial charge on any atom is 0.127 e. The van der Waals surface area contributed by atoms with Gasteiger partial charge in [0.25, 0.3) is 0 Å². The first-order valence-corrected chi connectivity index (χ1v) is 8.34. The van der Waals surface area contributed by atoms with Crippen LogP contribution in [-0.2, 0) is 7.05 Å². The van der Waals surface area contributed by atoms with Crippen LogP contribution in [0.25, 0.3) is 10.9 Å². The molecule has 4 rings (SSSR count). The molecule has 1 aromatic heterocycles. The standard InChI is InChI=1S/C19H14FN3S/c1-23-15-9-5-3-7-12(15)17-16(11-6-2-4-8-14(11)20)13(10-21)18(22)24-19(17)23/h2-9,16H,22H2,1H3/t16-/m0/s1. The molecule has 5 heteroatoms. The van der Waals surface area contributed by atoms with E-state index in [-0.39, 0.29) is 5.82 Å². The Hall–Kier alpha value is -2.71. The lowest BCUT2D eigenvalue weighted by Gasteiger charge is -2.25. The summed E-state index contributed by atoms with van der Waals surface area (Å²) in [4.78, 5) is 0. The van der Waals surface area contributed by atoms with Crippen molar-refractivity contribution in [3.63, 3.8) is 0 Å². The van der Waals surface area contributed by atoms with Gasteiger partial charge >= 0.3 is 0 Å². The molecule has 2 heterocycles. The summed E-state index contributed by atoms with van der Waals surface area (Å²) >= 11 is 1.38. The van der Waals surface area contributed by atoms with Crippen LogP contribution < -0.4 is 5.73 Å². The van der Waals surface area contributed by atoms with Crippen LogP contribution >= 0.6 is 11.8 Å². The number of hydrogen-bond donors (Lipinski definition) is 1. The van der Waals surface area contributed by atoms with Crippen molar-refractivity contribution in [2.24, 2.45) is 12.8 Å². The average molecular weight is 335 g/mol. The minimum Gasteiger partial charge on any atom is -0.392 e. The van der Waals surface area contributed by atoms with Gasteiger partial charge in [0.1, 0.15) is 5.82 Å². The number of halogens is 1. The van der Waals surface area contributed by atoms with Gasteiger partial charge in [0, 0.05) is 29.1 Å². The number of benzene rings is 2. The predicted molar refractivity (Wildman–Crippen MR) is 93.8 cm³/mol. The maximum absolute atomic E-state index is 14.5. The molecule has 2 N–H and O–H groups in total. The molecule has 2 aromatic carbocycles. The van der Waals surface area contributed by atoms with Crippen LogP contribution in [-0.4, -0.2) is 4.57 Å². The van der Waals surface area contributed by atoms with E-state index in [1.54, 1.807) is 18.2 Å². The molecular formula is C19H14FN3S. The second kappa shape index (κ2) is 5.43. The lowest BCUT2D eigenvalue weighted by molar-refractivity contribution is 0.605. The Bertz CT molecular complexity index is 1040. The van der Waals surface area contributed by atoms with Crippen molar-refractivity contribution in [1.82, 2.24) is 4.57 Å². The van der Waals surface area contributed by atoms with Gasteiger partial charge in [-0.15, -0.1) is 0 Å². The van der Waals surface area contributed by atoms with E-state index in [4.69, 9.17) is 5.73 Å². The first-order valence-electron chi connectivity index (χ1n) is 7.52. The Balaban J connectivity index is 2.11. The van der Waals surface area contributed by atoms with Gasteiger partial charge < -0.3 is 10.3 Å². The molecule has 0 saturated carbocycles. The number of thioether (sulfide) groups is 1. The topological polar surface area (TPSA) is 54.7 Å². The highest BCUT2D eigenvalue weighted by Gasteiger charge is 2.35. The molecule has 0 bridgehead atoms. The first-order chi connectivity index (χ1) is 11.6. The summed E-state index contributed by atoms with van der Waals surface area (Å²) in [5, 5.41) is 12.1. The smallest absolute Gasteiger partial charge is 0.127 e. The summed E-state index contributed by atoms with van der Waals surface area (Å²) in [5.41, 5.74) is 9.05. The first kappa shape index (κ1) is 14.9. The van der Waals surface area contributed by atoms with Crippen molar-refractivity contribution in [1.29, 1.82) is 5.26 Å². The highest BCUT2D eigenvalue weighted by atomic mass is 32.2. The van der Waals surface area contributed by atoms with Crippen LogP contribution in [0.3, 0.4) is 0 Å². The lowest BCUT2D eigenvalue weighted by Crippen LogP contribution is -2.16. The molecule has 1 aliphatic heterocycles. The Morgan fingerprint density at radius 2 is 1.88 bits per heavy atom. The fourth-order valence-corrected chi connectivity index (χ4v) is 4.44. The van der Waals surface area contributed by atoms with Crippen LogP contribution in [0.15, 0.2) is 64.2 Å². The lowest BCUT2D eigenvalue weighted by atomic mass is 9.85. The van der Waals surface area contributed by atoms with Gasteiger partial charge in [-0.25, -0.2) is 4.39 Å². The van der Waals surface area contributed by atoms with E-state index in [1.807, 2.05) is 31.3 Å². The monoisotopic (exact) mass is 335 g/mol. The van der Waals surface area contributed by atoms with Crippen LogP contribution in [0.4, 0.5) is 4.39 Å². The number of nitriles is 1. The highest BCUT2D eigenvalue weighted by Crippen LogP contribution is 2.50. The molecule has 3 nitrogen and oxygen atoms in total. The molecule has 0 saturated heterocycles. The number of nitrogens with two attached hydrogens (primary N) is 1. The average Bonchev–Trinajstić information content (AvgIpc) is 2.87. The zero-order chi connectivity index (χ0) is 16.8. The van der Waals surface area contributed by atoms with E-state index < -0.39 is 5.92 Å². The summed E-state index contributed by atoms with van der Waals surface area (Å²) in [6, 6.07) is 16.8. The number of aryl methyl sites for hydroxylation is 1. The van der Waals surface area contributed by atoms with E-state index in [1.165, 1.54) is 17.8 Å². The van der Waals surface area contributed by atoms with Crippen LogP contribution in [0, 0.1) is 17.1 Å². The van der Waals surface area contributed by atoms with Crippen molar-refractivity contribution >= 4 is 22.7 Å². The molecule has 1 atom stereocenters. The highest BCUT2D eigenvalue weighted by molar-refractivity contribution is 8.03. The third-order valence-electron chi connectivity index (χ3n) is 4.48. The van der Waals surface area contributed by atoms with E-state index in [0.717, 1.165) is 21.5 Å². The van der Waals surface area contributed by atoms with Crippen molar-refractivity contribution in [2.75, 3.05) is 0 Å². The van der Waals surface area contributed by atoms with Gasteiger partial charge in [-0.3, -0.25) is 0 Å². The van der Waals surface area contributed by atoms with Crippen LogP contribution in [0.1, 0.15) is 17.0 Å². The largest absolute Gasteiger partial charge is 0.392 e. The number of allylic oxidation sites excluding steroid dienone is 1. The fraction of sp³-hybridized carbons (Fsp3) is 0.105. The summed E-state index contributed by atoms with van der Waals surface area (Å²) in [6.07, 6.45) is 0. The van der Waals surface area contributed by atoms with Gasteiger partial charge in [0.15, 0.2) is 0 Å². The number of para-hydroxylation sites is 1. The molecule has 24 heavy (non-hydrogen) atoms. The molecule has 0 radical (unpaired) electrons. The molecule has 118 valence electrons. The molecular weight excluding hydrogens is 321 g/mol. The molecule has 3 aromatic rings. The van der Waals surface area contributed by atoms with Gasteiger partial charge in [0.05, 0.1) is 27.6 Å². The normalized spacial score (nSPS) is 17.0. The second-order valence-electron chi connectivity index (χ2n) is 5.74. The van der Waals surface area contributed by atoms with Crippen LogP contribution in [0.5, 0.6) is 0 Å². The summed E-state index contributed by atoms with van der Waals surface area (Å²) in [7, 11) is 1.97. The zero-order valence-electron chi connectivity index (χ0n) is 13.0. The Morgan fingerprint density at radius 3 is 2.62 bits per heavy atom. The fourth-order valence-electron chi connectivity index (χ4n) is 3.39. The molecule has 0 amide bonds. The number of fused-ring (bicyclic) bond motifs is 3. The minimum absolute atomic E-state index is 0.325. The van der Waals surface area contributed by atoms with Gasteiger partial charge in [-0.1, -0.05) is 48.2 Å². The van der Waals surface area contributed by atoms with Gasteiger partial charge in [-0.05, 0) is 12.1 Å². The maximum atomic E-state index is 14.5. The zero-order valence-corrected chi connectivity index (χ0v) is 13.8. The quantitative estimate of drug-likeness (QED) is 0.723. The number of rotatable bonds is 1. The summed E-state index contributed by atoms with van der Waals surface area (Å²) < 4.78 is 16.6. The van der Waals surface area contributed by atoms with Crippen molar-refractivity contribution in [3.05, 3.63) is 76.1 Å². The third-order valence-corrected chi connectivity index (χ3v) is 5.60. The SMILES string of the molecule is Cn1c2c(c3ccccc31)[C@@H](c1ccccc1F)C(C#N)=C(N)S2. The Labute approximate surface area is 143 Å². The number of nitrogens with zero attached hydrogens (tertiary/aromatic N) is 2. The van der Waals surface area contributed by atoms with Crippen molar-refractivity contribution in [2.45, 2.75) is 10.9 Å². The Morgan fingerprint density at radius 1 is 1.17 bits per heavy atom. The number of hydrogen-bond acceptors (Lipinski definition) is 3. The van der Waals surface area contributed by atoms with Crippen LogP contribution in [0.2, 0.25) is 0 Å². The Kier molecular flexibility index (Phi) is 3.36.